The molecule has 2 aromatic carbocycles. The highest BCUT2D eigenvalue weighted by Gasteiger charge is 2.07. The van der Waals surface area contributed by atoms with Gasteiger partial charge in [-0.15, -0.1) is 0 Å². The van der Waals surface area contributed by atoms with Crippen LogP contribution in [0.25, 0.3) is 11.1 Å². The van der Waals surface area contributed by atoms with Gasteiger partial charge in [-0.1, -0.05) is 6.07 Å². The van der Waals surface area contributed by atoms with Crippen LogP contribution in [0.2, 0.25) is 0 Å². The number of anilines is 2. The first-order valence-electron chi connectivity index (χ1n) is 4.99. The van der Waals surface area contributed by atoms with Crippen LogP contribution in [0.3, 0.4) is 0 Å². The molecule has 0 unspecified atom stereocenters. The maximum Gasteiger partial charge on any atom is 0.123 e. The number of hydrogen-bond donors (Lipinski definition) is 2. The molecule has 3 heteroatoms. The molecule has 0 saturated carbocycles. The third kappa shape index (κ3) is 1.84. The van der Waals surface area contributed by atoms with Crippen molar-refractivity contribution in [3.05, 3.63) is 47.8 Å². The Hall–Kier alpha value is -2.03. The van der Waals surface area contributed by atoms with Crippen molar-refractivity contribution in [1.29, 1.82) is 0 Å². The number of aryl methyl sites for hydroxylation is 1. The lowest BCUT2D eigenvalue weighted by Crippen LogP contribution is -1.94. The van der Waals surface area contributed by atoms with Gasteiger partial charge < -0.3 is 11.5 Å². The zero-order valence-corrected chi connectivity index (χ0v) is 9.00. The minimum absolute atomic E-state index is 0.276. The van der Waals surface area contributed by atoms with E-state index in [2.05, 4.69) is 0 Å². The van der Waals surface area contributed by atoms with Gasteiger partial charge in [0.05, 0.1) is 0 Å². The normalized spacial score (nSPS) is 10.4. The lowest BCUT2D eigenvalue weighted by atomic mass is 9.98. The van der Waals surface area contributed by atoms with Gasteiger partial charge in [0.25, 0.3) is 0 Å². The summed E-state index contributed by atoms with van der Waals surface area (Å²) in [5.74, 6) is -0.276. The lowest BCUT2D eigenvalue weighted by molar-refractivity contribution is 0.628. The molecule has 0 saturated heterocycles. The SMILES string of the molecule is Cc1ccc(F)cc1-c1cc(N)ccc1N. The van der Waals surface area contributed by atoms with Crippen LogP contribution in [0.15, 0.2) is 36.4 Å². The smallest absolute Gasteiger partial charge is 0.123 e. The highest BCUT2D eigenvalue weighted by Crippen LogP contribution is 2.30. The molecule has 0 amide bonds. The number of hydrogen-bond acceptors (Lipinski definition) is 2. The van der Waals surface area contributed by atoms with E-state index < -0.39 is 0 Å². The molecule has 0 spiro atoms. The minimum atomic E-state index is -0.276. The predicted molar refractivity (Wildman–Crippen MR) is 65.4 cm³/mol. The van der Waals surface area contributed by atoms with Gasteiger partial charge in [-0.2, -0.15) is 0 Å². The van der Waals surface area contributed by atoms with E-state index in [1.54, 1.807) is 24.3 Å². The van der Waals surface area contributed by atoms with Crippen LogP contribution >= 0.6 is 0 Å². The molecule has 0 radical (unpaired) electrons. The van der Waals surface area contributed by atoms with Crippen molar-refractivity contribution in [2.24, 2.45) is 0 Å². The average molecular weight is 216 g/mol. The molecule has 2 rings (SSSR count). The molecule has 0 aliphatic heterocycles. The van der Waals surface area contributed by atoms with Crippen LogP contribution in [-0.4, -0.2) is 0 Å². The summed E-state index contributed by atoms with van der Waals surface area (Å²) in [5, 5.41) is 0. The fraction of sp³-hybridized carbons (Fsp3) is 0.0769. The molecule has 2 aromatic rings. The number of nitrogens with two attached hydrogens (primary N) is 2. The summed E-state index contributed by atoms with van der Waals surface area (Å²) >= 11 is 0. The second-order valence-electron chi connectivity index (χ2n) is 3.81. The quantitative estimate of drug-likeness (QED) is 0.720. The van der Waals surface area contributed by atoms with Gasteiger partial charge in [0.15, 0.2) is 0 Å². The van der Waals surface area contributed by atoms with Crippen LogP contribution in [0.5, 0.6) is 0 Å². The van der Waals surface area contributed by atoms with E-state index >= 15 is 0 Å². The highest BCUT2D eigenvalue weighted by atomic mass is 19.1. The summed E-state index contributed by atoms with van der Waals surface area (Å²) in [7, 11) is 0. The molecule has 82 valence electrons. The van der Waals surface area contributed by atoms with Crippen molar-refractivity contribution in [2.45, 2.75) is 6.92 Å². The first-order valence-corrected chi connectivity index (χ1v) is 4.99. The summed E-state index contributed by atoms with van der Waals surface area (Å²) in [6, 6.07) is 9.86. The van der Waals surface area contributed by atoms with E-state index in [1.807, 2.05) is 6.92 Å². The molecule has 0 atom stereocenters. The van der Waals surface area contributed by atoms with E-state index in [0.717, 1.165) is 16.7 Å². The fourth-order valence-electron chi connectivity index (χ4n) is 1.69. The van der Waals surface area contributed by atoms with E-state index in [9.17, 15) is 4.39 Å². The standard InChI is InChI=1S/C13H13FN2/c1-8-2-3-9(14)6-11(8)12-7-10(15)4-5-13(12)16/h2-7H,15-16H2,1H3. The van der Waals surface area contributed by atoms with Crippen molar-refractivity contribution >= 4 is 11.4 Å². The van der Waals surface area contributed by atoms with Crippen LogP contribution in [0.1, 0.15) is 5.56 Å². The maximum absolute atomic E-state index is 13.2. The van der Waals surface area contributed by atoms with Crippen LogP contribution in [-0.2, 0) is 0 Å². The Kier molecular flexibility index (Phi) is 2.52. The van der Waals surface area contributed by atoms with E-state index in [0.29, 0.717) is 11.4 Å². The Balaban J connectivity index is 2.66. The van der Waals surface area contributed by atoms with Crippen molar-refractivity contribution in [1.82, 2.24) is 0 Å². The van der Waals surface area contributed by atoms with Gasteiger partial charge in [-0.25, -0.2) is 4.39 Å². The fourth-order valence-corrected chi connectivity index (χ4v) is 1.69. The molecule has 16 heavy (non-hydrogen) atoms. The van der Waals surface area contributed by atoms with Crippen molar-refractivity contribution < 1.29 is 4.39 Å². The van der Waals surface area contributed by atoms with Gasteiger partial charge in [0.2, 0.25) is 0 Å². The molecule has 0 aliphatic rings. The molecule has 0 aliphatic carbocycles. The number of rotatable bonds is 1. The summed E-state index contributed by atoms with van der Waals surface area (Å²) in [4.78, 5) is 0. The van der Waals surface area contributed by atoms with Crippen LogP contribution in [0, 0.1) is 12.7 Å². The third-order valence-corrected chi connectivity index (χ3v) is 2.57. The molecule has 2 nitrogen and oxygen atoms in total. The number of halogens is 1. The Morgan fingerprint density at radius 2 is 1.69 bits per heavy atom. The second kappa shape index (κ2) is 3.85. The Labute approximate surface area is 93.7 Å². The molecular weight excluding hydrogens is 203 g/mol. The lowest BCUT2D eigenvalue weighted by Gasteiger charge is -2.10. The van der Waals surface area contributed by atoms with Crippen LogP contribution < -0.4 is 11.5 Å². The highest BCUT2D eigenvalue weighted by molar-refractivity contribution is 5.81. The molecule has 0 bridgehead atoms. The average Bonchev–Trinajstić information content (AvgIpc) is 2.25. The zero-order valence-electron chi connectivity index (χ0n) is 9.00. The summed E-state index contributed by atoms with van der Waals surface area (Å²) < 4.78 is 13.2. The number of nitrogen functional groups attached to an aromatic ring is 2. The molecule has 4 N–H and O–H groups in total. The monoisotopic (exact) mass is 216 g/mol. The predicted octanol–water partition coefficient (Wildman–Crippen LogP) is 2.97. The minimum Gasteiger partial charge on any atom is -0.399 e. The Bertz CT molecular complexity index is 486. The third-order valence-electron chi connectivity index (χ3n) is 2.57. The van der Waals surface area contributed by atoms with Gasteiger partial charge in [0, 0.05) is 16.9 Å². The molecule has 0 heterocycles. The largest absolute Gasteiger partial charge is 0.399 e. The molecule has 0 fully saturated rings. The van der Waals surface area contributed by atoms with Crippen molar-refractivity contribution in [3.8, 4) is 11.1 Å². The van der Waals surface area contributed by atoms with Crippen LogP contribution in [0.4, 0.5) is 15.8 Å². The van der Waals surface area contributed by atoms with Gasteiger partial charge in [0.1, 0.15) is 5.82 Å². The van der Waals surface area contributed by atoms with Crippen molar-refractivity contribution in [3.63, 3.8) is 0 Å². The van der Waals surface area contributed by atoms with E-state index in [4.69, 9.17) is 11.5 Å². The summed E-state index contributed by atoms with van der Waals surface area (Å²) in [6.45, 7) is 1.91. The maximum atomic E-state index is 13.2. The Morgan fingerprint density at radius 1 is 0.938 bits per heavy atom. The molecule has 0 aromatic heterocycles. The second-order valence-corrected chi connectivity index (χ2v) is 3.81. The Morgan fingerprint density at radius 3 is 2.44 bits per heavy atom. The van der Waals surface area contributed by atoms with E-state index in [-0.39, 0.29) is 5.82 Å². The summed E-state index contributed by atoms with van der Waals surface area (Å²) in [5.41, 5.74) is 15.3. The topological polar surface area (TPSA) is 52.0 Å². The first kappa shape index (κ1) is 10.5. The van der Waals surface area contributed by atoms with Gasteiger partial charge >= 0.3 is 0 Å². The zero-order chi connectivity index (χ0) is 11.7. The van der Waals surface area contributed by atoms with Gasteiger partial charge in [-0.3, -0.25) is 0 Å². The first-order chi connectivity index (χ1) is 7.58. The van der Waals surface area contributed by atoms with E-state index in [1.165, 1.54) is 12.1 Å². The van der Waals surface area contributed by atoms with Crippen molar-refractivity contribution in [2.75, 3.05) is 11.5 Å². The van der Waals surface area contributed by atoms with Gasteiger partial charge in [-0.05, 0) is 48.4 Å². The molecular formula is C13H13FN2. The number of benzene rings is 2. The summed E-state index contributed by atoms with van der Waals surface area (Å²) in [6.07, 6.45) is 0.